The molecule has 142 valence electrons. The van der Waals surface area contributed by atoms with Gasteiger partial charge in [0, 0.05) is 24.7 Å². The number of halogens is 2. The van der Waals surface area contributed by atoms with E-state index in [0.717, 1.165) is 5.56 Å². The second-order valence-corrected chi connectivity index (χ2v) is 7.26. The quantitative estimate of drug-likeness (QED) is 0.719. The van der Waals surface area contributed by atoms with Crippen LogP contribution < -0.4 is 4.90 Å². The number of ether oxygens (including phenoxy) is 1. The lowest BCUT2D eigenvalue weighted by atomic mass is 10.1. The Labute approximate surface area is 168 Å². The molecule has 1 atom stereocenters. The zero-order valence-electron chi connectivity index (χ0n) is 15.1. The predicted molar refractivity (Wildman–Crippen MR) is 106 cm³/mol. The van der Waals surface area contributed by atoms with Gasteiger partial charge in [0.1, 0.15) is 0 Å². The number of esters is 1. The number of anilines is 1. The summed E-state index contributed by atoms with van der Waals surface area (Å²) in [5.41, 5.74) is 2.22. The summed E-state index contributed by atoms with van der Waals surface area (Å²) in [4.78, 5) is 28.2. The summed E-state index contributed by atoms with van der Waals surface area (Å²) in [6.07, 6.45) is 0. The molecule has 0 aliphatic carbocycles. The number of methoxy groups -OCH3 is 1. The largest absolute Gasteiger partial charge is 0.465 e. The SMILES string of the molecule is COC(=O)c1ccc(CN2CCN(c3ccc(Cl)cc3Cl)C(=O)C2C)cc1. The average Bonchev–Trinajstić information content (AvgIpc) is 2.66. The van der Waals surface area contributed by atoms with Gasteiger partial charge in [-0.1, -0.05) is 35.3 Å². The first kappa shape index (κ1) is 19.7. The van der Waals surface area contributed by atoms with Gasteiger partial charge in [0.2, 0.25) is 5.91 Å². The summed E-state index contributed by atoms with van der Waals surface area (Å²) in [6.45, 7) is 3.77. The molecular weight excluding hydrogens is 387 g/mol. The summed E-state index contributed by atoms with van der Waals surface area (Å²) in [5.74, 6) is -0.366. The van der Waals surface area contributed by atoms with Gasteiger partial charge in [-0.2, -0.15) is 0 Å². The maximum atomic E-state index is 12.9. The van der Waals surface area contributed by atoms with Crippen molar-refractivity contribution in [2.75, 3.05) is 25.1 Å². The van der Waals surface area contributed by atoms with Crippen molar-refractivity contribution in [2.24, 2.45) is 0 Å². The Morgan fingerprint density at radius 2 is 1.85 bits per heavy atom. The van der Waals surface area contributed by atoms with E-state index in [1.807, 2.05) is 19.1 Å². The lowest BCUT2D eigenvalue weighted by molar-refractivity contribution is -0.125. The summed E-state index contributed by atoms with van der Waals surface area (Å²) in [7, 11) is 1.36. The van der Waals surface area contributed by atoms with Crippen molar-refractivity contribution in [3.8, 4) is 0 Å². The highest BCUT2D eigenvalue weighted by molar-refractivity contribution is 6.36. The molecule has 0 radical (unpaired) electrons. The number of hydrogen-bond donors (Lipinski definition) is 0. The maximum absolute atomic E-state index is 12.9. The van der Waals surface area contributed by atoms with E-state index in [9.17, 15) is 9.59 Å². The van der Waals surface area contributed by atoms with Crippen LogP contribution in [0.3, 0.4) is 0 Å². The van der Waals surface area contributed by atoms with Crippen molar-refractivity contribution in [3.63, 3.8) is 0 Å². The predicted octanol–water partition coefficient (Wildman–Crippen LogP) is 4.02. The van der Waals surface area contributed by atoms with E-state index >= 15 is 0 Å². The number of rotatable bonds is 4. The lowest BCUT2D eigenvalue weighted by Crippen LogP contribution is -2.55. The molecular formula is C20H20Cl2N2O3. The molecule has 0 spiro atoms. The van der Waals surface area contributed by atoms with Gasteiger partial charge in [-0.25, -0.2) is 4.79 Å². The van der Waals surface area contributed by atoms with Crippen LogP contribution in [0.5, 0.6) is 0 Å². The van der Waals surface area contributed by atoms with Crippen LogP contribution in [0.15, 0.2) is 42.5 Å². The molecule has 1 fully saturated rings. The molecule has 0 saturated carbocycles. The van der Waals surface area contributed by atoms with E-state index in [4.69, 9.17) is 27.9 Å². The zero-order valence-corrected chi connectivity index (χ0v) is 16.6. The number of piperazine rings is 1. The van der Waals surface area contributed by atoms with E-state index in [1.54, 1.807) is 35.2 Å². The summed E-state index contributed by atoms with van der Waals surface area (Å²) >= 11 is 12.2. The average molecular weight is 407 g/mol. The van der Waals surface area contributed by atoms with E-state index in [-0.39, 0.29) is 17.9 Å². The van der Waals surface area contributed by atoms with Gasteiger partial charge in [0.25, 0.3) is 0 Å². The van der Waals surface area contributed by atoms with Gasteiger partial charge in [-0.3, -0.25) is 9.69 Å². The van der Waals surface area contributed by atoms with Crippen LogP contribution in [0.2, 0.25) is 10.0 Å². The Balaban J connectivity index is 1.70. The highest BCUT2D eigenvalue weighted by atomic mass is 35.5. The van der Waals surface area contributed by atoms with Crippen LogP contribution in [0.4, 0.5) is 5.69 Å². The maximum Gasteiger partial charge on any atom is 0.337 e. The molecule has 1 saturated heterocycles. The minimum absolute atomic E-state index is 0.00310. The number of hydrogen-bond acceptors (Lipinski definition) is 4. The Morgan fingerprint density at radius 3 is 2.48 bits per heavy atom. The molecule has 1 unspecified atom stereocenters. The fraction of sp³-hybridized carbons (Fsp3) is 0.300. The molecule has 1 heterocycles. The standard InChI is InChI=1S/C20H20Cl2N2O3/c1-13-19(25)24(18-8-7-16(21)11-17(18)22)10-9-23(13)12-14-3-5-15(6-4-14)20(26)27-2/h3-8,11,13H,9-10,12H2,1-2H3. The van der Waals surface area contributed by atoms with Crippen molar-refractivity contribution in [1.82, 2.24) is 4.90 Å². The monoisotopic (exact) mass is 406 g/mol. The Morgan fingerprint density at radius 1 is 1.15 bits per heavy atom. The molecule has 1 amide bonds. The van der Waals surface area contributed by atoms with Crippen LogP contribution in [0.25, 0.3) is 0 Å². The Bertz CT molecular complexity index is 855. The molecule has 1 aliphatic heterocycles. The minimum Gasteiger partial charge on any atom is -0.465 e. The molecule has 2 aromatic carbocycles. The topological polar surface area (TPSA) is 49.9 Å². The first-order valence-corrected chi connectivity index (χ1v) is 9.34. The van der Waals surface area contributed by atoms with Gasteiger partial charge in [0.15, 0.2) is 0 Å². The van der Waals surface area contributed by atoms with Crippen molar-refractivity contribution < 1.29 is 14.3 Å². The van der Waals surface area contributed by atoms with Gasteiger partial charge in [-0.15, -0.1) is 0 Å². The van der Waals surface area contributed by atoms with Crippen LogP contribution in [-0.2, 0) is 16.1 Å². The molecule has 3 rings (SSSR count). The second kappa shape index (κ2) is 8.30. The number of carbonyl (C=O) groups excluding carboxylic acids is 2. The van der Waals surface area contributed by atoms with Gasteiger partial charge >= 0.3 is 5.97 Å². The third kappa shape index (κ3) is 4.26. The minimum atomic E-state index is -0.362. The van der Waals surface area contributed by atoms with Crippen molar-refractivity contribution in [2.45, 2.75) is 19.5 Å². The lowest BCUT2D eigenvalue weighted by Gasteiger charge is -2.39. The van der Waals surface area contributed by atoms with Crippen LogP contribution in [0, 0.1) is 0 Å². The fourth-order valence-corrected chi connectivity index (χ4v) is 3.68. The molecule has 5 nitrogen and oxygen atoms in total. The number of carbonyl (C=O) groups is 2. The van der Waals surface area contributed by atoms with E-state index < -0.39 is 0 Å². The third-order valence-corrected chi connectivity index (χ3v) is 5.28. The third-order valence-electron chi connectivity index (χ3n) is 4.74. The van der Waals surface area contributed by atoms with E-state index in [0.29, 0.717) is 40.9 Å². The van der Waals surface area contributed by atoms with Crippen LogP contribution >= 0.6 is 23.2 Å². The fourth-order valence-electron chi connectivity index (χ4n) is 3.17. The normalized spacial score (nSPS) is 17.9. The number of nitrogens with zero attached hydrogens (tertiary/aromatic N) is 2. The smallest absolute Gasteiger partial charge is 0.337 e. The summed E-state index contributed by atoms with van der Waals surface area (Å²) < 4.78 is 4.71. The van der Waals surface area contributed by atoms with Crippen molar-refractivity contribution in [3.05, 3.63) is 63.6 Å². The second-order valence-electron chi connectivity index (χ2n) is 6.42. The highest BCUT2D eigenvalue weighted by Crippen LogP contribution is 2.31. The first-order valence-electron chi connectivity index (χ1n) is 8.58. The molecule has 1 aliphatic rings. The molecule has 0 N–H and O–H groups in total. The van der Waals surface area contributed by atoms with Gasteiger partial charge in [-0.05, 0) is 42.8 Å². The van der Waals surface area contributed by atoms with E-state index in [2.05, 4.69) is 4.90 Å². The molecule has 0 aromatic heterocycles. The van der Waals surface area contributed by atoms with Crippen LogP contribution in [-0.4, -0.2) is 43.0 Å². The van der Waals surface area contributed by atoms with Crippen LogP contribution in [0.1, 0.15) is 22.8 Å². The molecule has 0 bridgehead atoms. The number of benzene rings is 2. The molecule has 27 heavy (non-hydrogen) atoms. The highest BCUT2D eigenvalue weighted by Gasteiger charge is 2.33. The van der Waals surface area contributed by atoms with E-state index in [1.165, 1.54) is 7.11 Å². The van der Waals surface area contributed by atoms with Crippen molar-refractivity contribution in [1.29, 1.82) is 0 Å². The summed E-state index contributed by atoms with van der Waals surface area (Å²) in [5, 5.41) is 1.01. The van der Waals surface area contributed by atoms with Gasteiger partial charge in [0.05, 0.1) is 29.4 Å². The van der Waals surface area contributed by atoms with Crippen molar-refractivity contribution >= 4 is 40.8 Å². The summed E-state index contributed by atoms with van der Waals surface area (Å²) in [6, 6.07) is 12.1. The molecule has 7 heteroatoms. The number of amides is 1. The van der Waals surface area contributed by atoms with Gasteiger partial charge < -0.3 is 9.64 Å². The first-order chi connectivity index (χ1) is 12.9. The zero-order chi connectivity index (χ0) is 19.6. The Hall–Kier alpha value is -2.08. The molecule has 2 aromatic rings. The Kier molecular flexibility index (Phi) is 6.05.